The summed E-state index contributed by atoms with van der Waals surface area (Å²) in [4.78, 5) is 12.4. The molecule has 1 aliphatic carbocycles. The van der Waals surface area contributed by atoms with Gasteiger partial charge in [-0.05, 0) is 31.8 Å². The fourth-order valence-electron chi connectivity index (χ4n) is 2.53. The van der Waals surface area contributed by atoms with Gasteiger partial charge in [-0.2, -0.15) is 0 Å². The number of hydrogen-bond acceptors (Lipinski definition) is 3. The summed E-state index contributed by atoms with van der Waals surface area (Å²) in [7, 11) is 1.75. The van der Waals surface area contributed by atoms with Gasteiger partial charge in [-0.15, -0.1) is 0 Å². The molecular formula is C15H23NO3. The predicted octanol–water partition coefficient (Wildman–Crippen LogP) is 2.26. The van der Waals surface area contributed by atoms with E-state index in [0.29, 0.717) is 6.61 Å². The minimum absolute atomic E-state index is 0.127. The molecule has 2 rings (SSSR count). The first kappa shape index (κ1) is 14.3. The second-order valence-electron chi connectivity index (χ2n) is 5.34. The minimum Gasteiger partial charge on any atom is -0.373 e. The molecule has 2 aliphatic rings. The van der Waals surface area contributed by atoms with Gasteiger partial charge in [0, 0.05) is 13.5 Å². The van der Waals surface area contributed by atoms with E-state index < -0.39 is 0 Å². The first-order valence-corrected chi connectivity index (χ1v) is 6.99. The summed E-state index contributed by atoms with van der Waals surface area (Å²) in [6.07, 6.45) is 11.4. The zero-order chi connectivity index (χ0) is 13.7. The zero-order valence-electron chi connectivity index (χ0n) is 11.7. The Balaban J connectivity index is 1.83. The third-order valence-electron chi connectivity index (χ3n) is 3.63. The number of carbonyl (C=O) groups excluding carboxylic acids is 1. The molecule has 3 atom stereocenters. The molecule has 19 heavy (non-hydrogen) atoms. The summed E-state index contributed by atoms with van der Waals surface area (Å²) in [5.74, 6) is 0. The van der Waals surface area contributed by atoms with E-state index in [2.05, 4.69) is 18.2 Å². The van der Waals surface area contributed by atoms with E-state index in [0.717, 1.165) is 32.1 Å². The monoisotopic (exact) mass is 265 g/mol. The van der Waals surface area contributed by atoms with E-state index in [-0.39, 0.29) is 18.4 Å². The first-order valence-electron chi connectivity index (χ1n) is 6.99. The molecule has 0 bridgehead atoms. The van der Waals surface area contributed by atoms with Gasteiger partial charge in [-0.1, -0.05) is 18.2 Å². The van der Waals surface area contributed by atoms with Gasteiger partial charge in [0.25, 0.3) is 0 Å². The van der Waals surface area contributed by atoms with Crippen molar-refractivity contribution in [1.29, 1.82) is 0 Å². The predicted molar refractivity (Wildman–Crippen MR) is 73.6 cm³/mol. The molecule has 0 spiro atoms. The van der Waals surface area contributed by atoms with E-state index in [1.165, 1.54) is 5.57 Å². The molecule has 4 heteroatoms. The first-order chi connectivity index (χ1) is 9.19. The molecule has 1 fully saturated rings. The lowest BCUT2D eigenvalue weighted by Gasteiger charge is -2.37. The quantitative estimate of drug-likeness (QED) is 0.716. The van der Waals surface area contributed by atoms with Gasteiger partial charge in [-0.25, -0.2) is 0 Å². The van der Waals surface area contributed by atoms with Crippen molar-refractivity contribution in [3.05, 3.63) is 23.8 Å². The Labute approximate surface area is 115 Å². The second-order valence-corrected chi connectivity index (χ2v) is 5.34. The number of nitrogens with zero attached hydrogens (tertiary/aromatic N) is 1. The standard InChI is InChI=1S/C15H23NO3/c1-12-8-14(9-15(19-12)16(2)11-17)18-10-13-6-4-3-5-7-13/h4,6-7,11-12,14-15H,3,5,8-10H2,1-2H3. The lowest BCUT2D eigenvalue weighted by atomic mass is 10.0. The smallest absolute Gasteiger partial charge is 0.211 e. The van der Waals surface area contributed by atoms with Gasteiger partial charge < -0.3 is 14.4 Å². The molecule has 3 unspecified atom stereocenters. The van der Waals surface area contributed by atoms with Gasteiger partial charge in [-0.3, -0.25) is 4.79 Å². The number of hydrogen-bond donors (Lipinski definition) is 0. The normalized spacial score (nSPS) is 30.8. The molecule has 106 valence electrons. The van der Waals surface area contributed by atoms with Gasteiger partial charge >= 0.3 is 0 Å². The van der Waals surface area contributed by atoms with Crippen LogP contribution >= 0.6 is 0 Å². The van der Waals surface area contributed by atoms with Gasteiger partial charge in [0.15, 0.2) is 0 Å². The third-order valence-corrected chi connectivity index (χ3v) is 3.63. The van der Waals surface area contributed by atoms with Crippen molar-refractivity contribution in [3.8, 4) is 0 Å². The van der Waals surface area contributed by atoms with Gasteiger partial charge in [0.2, 0.25) is 6.41 Å². The van der Waals surface area contributed by atoms with E-state index in [9.17, 15) is 4.79 Å². The van der Waals surface area contributed by atoms with E-state index in [1.54, 1.807) is 11.9 Å². The molecule has 0 aromatic rings. The average molecular weight is 265 g/mol. The van der Waals surface area contributed by atoms with Crippen molar-refractivity contribution in [2.24, 2.45) is 0 Å². The summed E-state index contributed by atoms with van der Waals surface area (Å²) in [5.41, 5.74) is 1.26. The maximum atomic E-state index is 10.8. The molecule has 0 radical (unpaired) electrons. The zero-order valence-corrected chi connectivity index (χ0v) is 11.7. The number of amides is 1. The van der Waals surface area contributed by atoms with Crippen LogP contribution in [0.25, 0.3) is 0 Å². The summed E-state index contributed by atoms with van der Waals surface area (Å²) < 4.78 is 11.7. The van der Waals surface area contributed by atoms with Crippen molar-refractivity contribution >= 4 is 6.41 Å². The van der Waals surface area contributed by atoms with Gasteiger partial charge in [0.05, 0.1) is 18.8 Å². The van der Waals surface area contributed by atoms with Crippen LogP contribution < -0.4 is 0 Å². The fourth-order valence-corrected chi connectivity index (χ4v) is 2.53. The average Bonchev–Trinajstić information content (AvgIpc) is 2.45. The van der Waals surface area contributed by atoms with Crippen LogP contribution in [0.4, 0.5) is 0 Å². The highest BCUT2D eigenvalue weighted by atomic mass is 16.5. The van der Waals surface area contributed by atoms with E-state index in [1.807, 2.05) is 6.92 Å². The molecule has 0 saturated carbocycles. The Morgan fingerprint density at radius 2 is 2.32 bits per heavy atom. The van der Waals surface area contributed by atoms with Crippen LogP contribution in [0.2, 0.25) is 0 Å². The molecule has 0 aromatic heterocycles. The number of allylic oxidation sites excluding steroid dienone is 2. The van der Waals surface area contributed by atoms with E-state index >= 15 is 0 Å². The van der Waals surface area contributed by atoms with Crippen LogP contribution in [0.3, 0.4) is 0 Å². The lowest BCUT2D eigenvalue weighted by molar-refractivity contribution is -0.163. The molecule has 1 heterocycles. The largest absolute Gasteiger partial charge is 0.373 e. The summed E-state index contributed by atoms with van der Waals surface area (Å²) >= 11 is 0. The summed E-state index contributed by atoms with van der Waals surface area (Å²) in [6, 6.07) is 0. The van der Waals surface area contributed by atoms with Crippen molar-refractivity contribution < 1.29 is 14.3 Å². The van der Waals surface area contributed by atoms with Crippen LogP contribution in [0.1, 0.15) is 32.6 Å². The summed E-state index contributed by atoms with van der Waals surface area (Å²) in [6.45, 7) is 2.69. The number of carbonyl (C=O) groups is 1. The Morgan fingerprint density at radius 3 is 3.00 bits per heavy atom. The molecule has 0 N–H and O–H groups in total. The van der Waals surface area contributed by atoms with Crippen molar-refractivity contribution in [2.45, 2.75) is 51.0 Å². The fraction of sp³-hybridized carbons (Fsp3) is 0.667. The third kappa shape index (κ3) is 4.18. The Morgan fingerprint density at radius 1 is 1.47 bits per heavy atom. The van der Waals surface area contributed by atoms with Crippen LogP contribution in [0, 0.1) is 0 Å². The topological polar surface area (TPSA) is 38.8 Å². The number of ether oxygens (including phenoxy) is 2. The molecule has 1 amide bonds. The van der Waals surface area contributed by atoms with Crippen LogP contribution in [-0.2, 0) is 14.3 Å². The molecule has 1 saturated heterocycles. The summed E-state index contributed by atoms with van der Waals surface area (Å²) in [5, 5.41) is 0. The minimum atomic E-state index is -0.165. The number of rotatable bonds is 5. The highest BCUT2D eigenvalue weighted by Crippen LogP contribution is 2.24. The molecule has 0 aromatic carbocycles. The van der Waals surface area contributed by atoms with E-state index in [4.69, 9.17) is 9.47 Å². The molecular weight excluding hydrogens is 242 g/mol. The van der Waals surface area contributed by atoms with Crippen molar-refractivity contribution in [1.82, 2.24) is 4.90 Å². The van der Waals surface area contributed by atoms with Crippen LogP contribution in [0.15, 0.2) is 23.8 Å². The maximum absolute atomic E-state index is 10.8. The van der Waals surface area contributed by atoms with Gasteiger partial charge in [0.1, 0.15) is 6.23 Å². The Hall–Kier alpha value is -1.13. The maximum Gasteiger partial charge on any atom is 0.211 e. The van der Waals surface area contributed by atoms with Crippen molar-refractivity contribution in [2.75, 3.05) is 13.7 Å². The Kier molecular flexibility index (Phi) is 5.16. The second kappa shape index (κ2) is 6.87. The molecule has 1 aliphatic heterocycles. The SMILES string of the molecule is CC1CC(OCC2=CCCC=C2)CC(N(C)C=O)O1. The Bertz CT molecular complexity index is 364. The van der Waals surface area contributed by atoms with Crippen molar-refractivity contribution in [3.63, 3.8) is 0 Å². The van der Waals surface area contributed by atoms with Crippen LogP contribution in [-0.4, -0.2) is 43.4 Å². The van der Waals surface area contributed by atoms with Crippen LogP contribution in [0.5, 0.6) is 0 Å². The lowest BCUT2D eigenvalue weighted by Crippen LogP contribution is -2.44. The highest BCUT2D eigenvalue weighted by molar-refractivity contribution is 5.46. The highest BCUT2D eigenvalue weighted by Gasteiger charge is 2.29. The molecule has 4 nitrogen and oxygen atoms in total.